The average molecular weight is 396 g/mol. The molecule has 4 rings (SSSR count). The van der Waals surface area contributed by atoms with Gasteiger partial charge in [-0.05, 0) is 31.2 Å². The summed E-state index contributed by atoms with van der Waals surface area (Å²) in [6, 6.07) is 16.9. The minimum atomic E-state index is -0.473. The fourth-order valence-corrected chi connectivity index (χ4v) is 4.77. The lowest BCUT2D eigenvalue weighted by Crippen LogP contribution is -2.34. The molecule has 0 saturated carbocycles. The molecule has 3 aromatic rings. The molecule has 0 radical (unpaired) electrons. The summed E-state index contributed by atoms with van der Waals surface area (Å²) in [7, 11) is 0. The summed E-state index contributed by atoms with van der Waals surface area (Å²) in [5.74, 6) is 0.0382. The van der Waals surface area contributed by atoms with Gasteiger partial charge >= 0.3 is 0 Å². The van der Waals surface area contributed by atoms with Crippen LogP contribution >= 0.6 is 23.5 Å². The largest absolute Gasteiger partial charge is 0.383 e. The Balaban J connectivity index is 1.70. The SMILES string of the molecule is C[C@H](Sc1nc(N)cc(=O)[nH]1)C(=O)N1c2ccccc2Sc2ccccc21. The topological polar surface area (TPSA) is 92.1 Å². The molecule has 0 fully saturated rings. The van der Waals surface area contributed by atoms with Gasteiger partial charge in [0, 0.05) is 15.9 Å². The van der Waals surface area contributed by atoms with Crippen LogP contribution in [0.25, 0.3) is 0 Å². The number of benzene rings is 2. The van der Waals surface area contributed by atoms with Crippen molar-refractivity contribution in [3.05, 3.63) is 65.0 Å². The Labute approximate surface area is 164 Å². The number of amides is 1. The lowest BCUT2D eigenvalue weighted by Gasteiger charge is -2.32. The molecule has 0 saturated heterocycles. The van der Waals surface area contributed by atoms with E-state index >= 15 is 0 Å². The van der Waals surface area contributed by atoms with E-state index in [1.165, 1.54) is 17.8 Å². The lowest BCUT2D eigenvalue weighted by atomic mass is 10.2. The summed E-state index contributed by atoms with van der Waals surface area (Å²) in [5, 5.41) is -0.145. The van der Waals surface area contributed by atoms with Gasteiger partial charge in [0.25, 0.3) is 5.56 Å². The van der Waals surface area contributed by atoms with Crippen LogP contribution in [0.1, 0.15) is 6.92 Å². The van der Waals surface area contributed by atoms with Gasteiger partial charge in [-0.15, -0.1) is 0 Å². The second-order valence-corrected chi connectivity index (χ2v) is 8.36. The number of nitrogens with one attached hydrogen (secondary N) is 1. The zero-order valence-electron chi connectivity index (χ0n) is 14.4. The van der Waals surface area contributed by atoms with Crippen molar-refractivity contribution in [2.45, 2.75) is 27.1 Å². The molecule has 0 bridgehead atoms. The number of hydrogen-bond acceptors (Lipinski definition) is 6. The Hall–Kier alpha value is -2.71. The monoisotopic (exact) mass is 396 g/mol. The number of rotatable bonds is 3. The summed E-state index contributed by atoms with van der Waals surface area (Å²) in [5.41, 5.74) is 7.01. The van der Waals surface area contributed by atoms with E-state index in [0.717, 1.165) is 21.2 Å². The number of hydrogen-bond donors (Lipinski definition) is 2. The predicted molar refractivity (Wildman–Crippen MR) is 109 cm³/mol. The standard InChI is InChI=1S/C19H16N4O2S2/c1-11(26-19-21-16(20)10-17(24)22-19)18(25)23-12-6-2-4-8-14(12)27-15-9-5-3-7-13(15)23/h2-11H,1H3,(H3,20,21,22,24)/t11-/m0/s1. The second-order valence-electron chi connectivity index (χ2n) is 5.95. The molecular formula is C19H16N4O2S2. The van der Waals surface area contributed by atoms with Crippen molar-refractivity contribution in [1.82, 2.24) is 9.97 Å². The third-order valence-corrected chi connectivity index (χ3v) is 6.13. The van der Waals surface area contributed by atoms with Crippen LogP contribution < -0.4 is 16.2 Å². The van der Waals surface area contributed by atoms with Gasteiger partial charge in [0.05, 0.1) is 16.6 Å². The van der Waals surface area contributed by atoms with Gasteiger partial charge in [-0.1, -0.05) is 47.8 Å². The van der Waals surface area contributed by atoms with Gasteiger partial charge in [0.1, 0.15) is 5.82 Å². The first-order valence-electron chi connectivity index (χ1n) is 8.26. The molecule has 0 aliphatic carbocycles. The van der Waals surface area contributed by atoms with Crippen LogP contribution in [0.4, 0.5) is 17.2 Å². The van der Waals surface area contributed by atoms with Crippen LogP contribution in [-0.2, 0) is 4.79 Å². The van der Waals surface area contributed by atoms with E-state index < -0.39 is 5.25 Å². The summed E-state index contributed by atoms with van der Waals surface area (Å²) < 4.78 is 0. The van der Waals surface area contributed by atoms with E-state index in [-0.39, 0.29) is 17.3 Å². The van der Waals surface area contributed by atoms with Gasteiger partial charge < -0.3 is 10.7 Å². The molecule has 136 valence electrons. The minimum Gasteiger partial charge on any atom is -0.383 e. The van der Waals surface area contributed by atoms with E-state index in [0.29, 0.717) is 5.16 Å². The van der Waals surface area contributed by atoms with Gasteiger partial charge in [-0.25, -0.2) is 4.98 Å². The van der Waals surface area contributed by atoms with Crippen LogP contribution in [0.5, 0.6) is 0 Å². The number of aromatic nitrogens is 2. The number of aromatic amines is 1. The summed E-state index contributed by atoms with van der Waals surface area (Å²) in [6.45, 7) is 1.79. The number of nitrogens with two attached hydrogens (primary N) is 1. The third-order valence-electron chi connectivity index (χ3n) is 4.03. The fraction of sp³-hybridized carbons (Fsp3) is 0.105. The molecule has 2 aromatic carbocycles. The Morgan fingerprint density at radius 3 is 2.33 bits per heavy atom. The minimum absolute atomic E-state index is 0.0923. The molecule has 1 aromatic heterocycles. The highest BCUT2D eigenvalue weighted by Gasteiger charge is 2.31. The van der Waals surface area contributed by atoms with Crippen molar-refractivity contribution in [3.63, 3.8) is 0 Å². The second kappa shape index (κ2) is 7.13. The van der Waals surface area contributed by atoms with Crippen LogP contribution in [0.15, 0.2) is 74.3 Å². The average Bonchev–Trinajstić information content (AvgIpc) is 2.64. The van der Waals surface area contributed by atoms with Crippen molar-refractivity contribution in [3.8, 4) is 0 Å². The number of fused-ring (bicyclic) bond motifs is 2. The number of nitrogens with zero attached hydrogens (tertiary/aromatic N) is 2. The molecule has 1 aliphatic heterocycles. The first kappa shape index (κ1) is 17.7. The van der Waals surface area contributed by atoms with Crippen molar-refractivity contribution in [2.24, 2.45) is 0 Å². The number of thioether (sulfide) groups is 1. The highest BCUT2D eigenvalue weighted by Crippen LogP contribution is 2.48. The predicted octanol–water partition coefficient (Wildman–Crippen LogP) is 3.66. The van der Waals surface area contributed by atoms with Crippen molar-refractivity contribution in [1.29, 1.82) is 0 Å². The van der Waals surface area contributed by atoms with E-state index in [9.17, 15) is 9.59 Å². The molecule has 0 spiro atoms. The number of para-hydroxylation sites is 2. The summed E-state index contributed by atoms with van der Waals surface area (Å²) in [6.07, 6.45) is 0. The van der Waals surface area contributed by atoms with E-state index in [4.69, 9.17) is 5.73 Å². The Morgan fingerprint density at radius 1 is 1.15 bits per heavy atom. The lowest BCUT2D eigenvalue weighted by molar-refractivity contribution is -0.117. The fourth-order valence-electron chi connectivity index (χ4n) is 2.85. The third kappa shape index (κ3) is 3.45. The molecule has 2 heterocycles. The normalized spacial score (nSPS) is 13.6. The van der Waals surface area contributed by atoms with Crippen molar-refractivity contribution < 1.29 is 4.79 Å². The van der Waals surface area contributed by atoms with E-state index in [1.807, 2.05) is 48.5 Å². The zero-order chi connectivity index (χ0) is 19.0. The number of anilines is 3. The molecular weight excluding hydrogens is 380 g/mol. The number of nitrogen functional groups attached to an aromatic ring is 1. The molecule has 1 atom stereocenters. The Kier molecular flexibility index (Phi) is 4.67. The Bertz CT molecular complexity index is 1040. The van der Waals surface area contributed by atoms with Crippen LogP contribution in [0.2, 0.25) is 0 Å². The van der Waals surface area contributed by atoms with Crippen molar-refractivity contribution in [2.75, 3.05) is 10.6 Å². The first-order valence-corrected chi connectivity index (χ1v) is 9.96. The number of carbonyl (C=O) groups is 1. The maximum atomic E-state index is 13.3. The molecule has 6 nitrogen and oxygen atoms in total. The van der Waals surface area contributed by atoms with Gasteiger partial charge in [-0.2, -0.15) is 0 Å². The molecule has 3 N–H and O–H groups in total. The van der Waals surface area contributed by atoms with Gasteiger partial charge in [0.2, 0.25) is 5.91 Å². The molecule has 0 unspecified atom stereocenters. The van der Waals surface area contributed by atoms with Crippen LogP contribution in [0.3, 0.4) is 0 Å². The molecule has 1 aliphatic rings. The van der Waals surface area contributed by atoms with Gasteiger partial charge in [0.15, 0.2) is 5.16 Å². The van der Waals surface area contributed by atoms with Crippen LogP contribution in [0, 0.1) is 0 Å². The van der Waals surface area contributed by atoms with E-state index in [1.54, 1.807) is 23.6 Å². The molecule has 8 heteroatoms. The van der Waals surface area contributed by atoms with Crippen molar-refractivity contribution >= 4 is 46.6 Å². The number of carbonyl (C=O) groups excluding carboxylic acids is 1. The maximum Gasteiger partial charge on any atom is 0.253 e. The highest BCUT2D eigenvalue weighted by molar-refractivity contribution is 8.00. The summed E-state index contributed by atoms with van der Waals surface area (Å²) in [4.78, 5) is 35.5. The van der Waals surface area contributed by atoms with E-state index in [2.05, 4.69) is 9.97 Å². The first-order chi connectivity index (χ1) is 13.0. The quantitative estimate of drug-likeness (QED) is 0.518. The zero-order valence-corrected chi connectivity index (χ0v) is 16.0. The molecule has 27 heavy (non-hydrogen) atoms. The highest BCUT2D eigenvalue weighted by atomic mass is 32.2. The maximum absolute atomic E-state index is 13.3. The smallest absolute Gasteiger partial charge is 0.253 e. The Morgan fingerprint density at radius 2 is 1.74 bits per heavy atom. The number of H-pyrrole nitrogens is 1. The molecule has 1 amide bonds. The van der Waals surface area contributed by atoms with Crippen LogP contribution in [-0.4, -0.2) is 21.1 Å². The summed E-state index contributed by atoms with van der Waals surface area (Å²) >= 11 is 2.82. The van der Waals surface area contributed by atoms with Gasteiger partial charge in [-0.3, -0.25) is 14.5 Å².